The van der Waals surface area contributed by atoms with Crippen LogP contribution in [0.2, 0.25) is 0 Å². The van der Waals surface area contributed by atoms with Crippen LogP contribution in [-0.4, -0.2) is 65.0 Å². The van der Waals surface area contributed by atoms with E-state index in [1.807, 2.05) is 38.5 Å². The minimum atomic E-state index is -1.19. The molecule has 0 radical (unpaired) electrons. The van der Waals surface area contributed by atoms with Gasteiger partial charge in [-0.25, -0.2) is 9.97 Å². The van der Waals surface area contributed by atoms with Crippen LogP contribution in [0.25, 0.3) is 12.2 Å². The highest BCUT2D eigenvalue weighted by Crippen LogP contribution is 2.57. The smallest absolute Gasteiger partial charge is 0.307 e. The van der Waals surface area contributed by atoms with Crippen LogP contribution in [0.5, 0.6) is 0 Å². The maximum absolute atomic E-state index is 13.6. The topological polar surface area (TPSA) is 193 Å². The Hall–Kier alpha value is -4.38. The van der Waals surface area contributed by atoms with Gasteiger partial charge in [-0.15, -0.1) is 22.7 Å². The van der Waals surface area contributed by atoms with E-state index in [4.69, 9.17) is 0 Å². The SMILES string of the molecule is C/C1=C\CC(=O)/C=C/C=C\c2csc(n2)[C@@H](C)NC(=O)CC[C@](SS[C@]2(C(C)C(=O)O)CCC(=O)N[C@H](C)c3nc(cs3)/C=C\C=C\C(=O)C/C=C(\C)C2)(C(C)C(=O)O)C1. The molecule has 12 nitrogen and oxygen atoms in total. The highest BCUT2D eigenvalue weighted by molar-refractivity contribution is 8.77. The molecule has 2 aromatic heterocycles. The third-order valence-corrected chi connectivity index (χ3v) is 17.1. The molecule has 322 valence electrons. The van der Waals surface area contributed by atoms with Gasteiger partial charge in [-0.2, -0.15) is 0 Å². The molecule has 0 spiro atoms. The summed E-state index contributed by atoms with van der Waals surface area (Å²) in [6.07, 6.45) is 17.3. The zero-order valence-corrected chi connectivity index (χ0v) is 38.0. The average Bonchev–Trinajstić information content (AvgIpc) is 3.89. The zero-order chi connectivity index (χ0) is 44.0. The predicted molar refractivity (Wildman–Crippen MR) is 242 cm³/mol. The van der Waals surface area contributed by atoms with Crippen molar-refractivity contribution < 1.29 is 39.0 Å². The summed E-state index contributed by atoms with van der Waals surface area (Å²) < 4.78 is -2.39. The Kier molecular flexibility index (Phi) is 18.1. The van der Waals surface area contributed by atoms with Gasteiger partial charge in [-0.3, -0.25) is 28.8 Å². The summed E-state index contributed by atoms with van der Waals surface area (Å²) in [7, 11) is 2.46. The Bertz CT molecular complexity index is 1950. The first-order valence-corrected chi connectivity index (χ1v) is 23.7. The standard InChI is InChI=1S/C44H54N4O8S4/c1-27-15-17-35(49)13-9-7-11-33-25-57-39(47-33)31(5)45-37(51)19-21-43(23-27,29(3)41(53)54)59-60-44(30(4)42(55)56)22-20-38(52)46-32(6)40-48-34(26-58-40)12-8-10-14-36(50)18-16-28(2)24-44/h7-16,25-26,29-32H,17-24H2,1-6H3,(H,45,51)(H,46,52)(H,53,54)(H,55,56)/b11-7-,12-8-,13-9+,14-10+,27-15+,28-16+/t29?,30?,31-,32-,43-,44-/m1/s1. The molecule has 16 heteroatoms. The van der Waals surface area contributed by atoms with Gasteiger partial charge in [0.05, 0.1) is 35.3 Å². The number of rotatable bonds is 7. The number of hydrogen-bond acceptors (Lipinski definition) is 12. The summed E-state index contributed by atoms with van der Waals surface area (Å²) in [5.41, 5.74) is 2.84. The van der Waals surface area contributed by atoms with E-state index in [1.165, 1.54) is 56.4 Å². The number of amides is 2. The molecule has 2 aliphatic rings. The lowest BCUT2D eigenvalue weighted by molar-refractivity contribution is -0.143. The molecule has 2 amide bonds. The maximum Gasteiger partial charge on any atom is 0.307 e. The van der Waals surface area contributed by atoms with Crippen molar-refractivity contribution in [3.05, 3.63) is 91.9 Å². The first-order chi connectivity index (χ1) is 28.4. The number of carbonyl (C=O) groups excluding carboxylic acids is 4. The van der Waals surface area contributed by atoms with Crippen LogP contribution in [0.4, 0.5) is 0 Å². The molecule has 0 aromatic carbocycles. The highest BCUT2D eigenvalue weighted by Gasteiger charge is 2.48. The number of allylic oxidation sites excluding steroid dienone is 10. The Balaban J connectivity index is 1.79. The molecule has 6 atom stereocenters. The van der Waals surface area contributed by atoms with Crippen molar-refractivity contribution in [3.63, 3.8) is 0 Å². The zero-order valence-electron chi connectivity index (χ0n) is 34.8. The molecule has 2 unspecified atom stereocenters. The fraction of sp³-hybridized carbons (Fsp3) is 0.455. The molecular formula is C44H54N4O8S4. The molecule has 4 rings (SSSR count). The Morgan fingerprint density at radius 2 is 1.05 bits per heavy atom. The number of carboxylic acid groups (broad SMARTS) is 2. The van der Waals surface area contributed by atoms with Gasteiger partial charge in [-0.05, 0) is 77.7 Å². The predicted octanol–water partition coefficient (Wildman–Crippen LogP) is 9.27. The van der Waals surface area contributed by atoms with Gasteiger partial charge in [0.25, 0.3) is 0 Å². The summed E-state index contributed by atoms with van der Waals surface area (Å²) >= 11 is 2.77. The number of carboxylic acids is 2. The molecule has 4 bridgehead atoms. The van der Waals surface area contributed by atoms with Crippen LogP contribution in [0, 0.1) is 11.8 Å². The average molecular weight is 895 g/mol. The number of aromatic nitrogens is 2. The minimum absolute atomic E-state index is 0.0490. The summed E-state index contributed by atoms with van der Waals surface area (Å²) in [5, 5.41) is 32.4. The van der Waals surface area contributed by atoms with Crippen LogP contribution in [-0.2, 0) is 28.8 Å². The lowest BCUT2D eigenvalue weighted by Crippen LogP contribution is -2.43. The quantitative estimate of drug-likeness (QED) is 0.152. The van der Waals surface area contributed by atoms with Gasteiger partial charge in [0, 0.05) is 45.9 Å². The van der Waals surface area contributed by atoms with Crippen molar-refractivity contribution in [1.82, 2.24) is 20.6 Å². The molecule has 2 aromatic rings. The third-order valence-electron chi connectivity index (χ3n) is 10.6. The first-order valence-electron chi connectivity index (χ1n) is 19.8. The third kappa shape index (κ3) is 14.1. The van der Waals surface area contributed by atoms with E-state index < -0.39 is 45.4 Å². The second kappa shape index (κ2) is 22.5. The van der Waals surface area contributed by atoms with E-state index in [0.717, 1.165) is 11.1 Å². The van der Waals surface area contributed by atoms with E-state index in [0.29, 0.717) is 21.4 Å². The number of carbonyl (C=O) groups is 6. The summed E-state index contributed by atoms with van der Waals surface area (Å²) in [6, 6.07) is -0.856. The molecule has 0 fully saturated rings. The van der Waals surface area contributed by atoms with Crippen molar-refractivity contribution in [2.75, 3.05) is 0 Å². The minimum Gasteiger partial charge on any atom is -0.481 e. The molecule has 0 saturated carbocycles. The fourth-order valence-corrected chi connectivity index (χ4v) is 12.8. The Labute approximate surface area is 367 Å². The van der Waals surface area contributed by atoms with E-state index in [9.17, 15) is 39.0 Å². The van der Waals surface area contributed by atoms with Crippen molar-refractivity contribution in [2.24, 2.45) is 11.8 Å². The number of nitrogens with one attached hydrogen (secondary N) is 2. The summed E-state index contributed by atoms with van der Waals surface area (Å²) in [6.45, 7) is 10.5. The molecule has 4 N–H and O–H groups in total. The fourth-order valence-electron chi connectivity index (χ4n) is 6.78. The molecular weight excluding hydrogens is 841 g/mol. The summed E-state index contributed by atoms with van der Waals surface area (Å²) in [4.78, 5) is 88.4. The van der Waals surface area contributed by atoms with Gasteiger partial charge < -0.3 is 20.8 Å². The second-order valence-corrected chi connectivity index (χ2v) is 20.2. The maximum atomic E-state index is 13.6. The first kappa shape index (κ1) is 48.3. The van der Waals surface area contributed by atoms with E-state index in [-0.39, 0.29) is 74.7 Å². The lowest BCUT2D eigenvalue weighted by atomic mass is 9.83. The number of aliphatic carboxylic acids is 2. The van der Waals surface area contributed by atoms with Crippen LogP contribution >= 0.6 is 44.3 Å². The van der Waals surface area contributed by atoms with E-state index in [1.54, 1.807) is 62.5 Å². The monoisotopic (exact) mass is 894 g/mol. The summed E-state index contributed by atoms with van der Waals surface area (Å²) in [5.74, 6) is -5.23. The second-order valence-electron chi connectivity index (χ2n) is 15.4. The number of ketones is 2. The Morgan fingerprint density at radius 1 is 0.683 bits per heavy atom. The Morgan fingerprint density at radius 3 is 1.42 bits per heavy atom. The molecule has 4 heterocycles. The lowest BCUT2D eigenvalue weighted by Gasteiger charge is -2.43. The van der Waals surface area contributed by atoms with Gasteiger partial charge in [0.15, 0.2) is 11.6 Å². The number of nitrogens with zero attached hydrogens (tertiary/aromatic N) is 2. The van der Waals surface area contributed by atoms with Crippen molar-refractivity contribution in [3.8, 4) is 0 Å². The normalized spacial score (nSPS) is 29.2. The molecule has 60 heavy (non-hydrogen) atoms. The van der Waals surface area contributed by atoms with Crippen LogP contribution < -0.4 is 10.6 Å². The van der Waals surface area contributed by atoms with Crippen LogP contribution in [0.1, 0.15) is 126 Å². The van der Waals surface area contributed by atoms with Crippen LogP contribution in [0.3, 0.4) is 0 Å². The van der Waals surface area contributed by atoms with Crippen molar-refractivity contribution in [1.29, 1.82) is 0 Å². The number of hydrogen-bond donors (Lipinski definition) is 4. The molecule has 2 aliphatic heterocycles. The largest absolute Gasteiger partial charge is 0.481 e. The van der Waals surface area contributed by atoms with Gasteiger partial charge in [-0.1, -0.05) is 83.0 Å². The number of thiazole rings is 2. The van der Waals surface area contributed by atoms with Crippen molar-refractivity contribution in [2.45, 2.75) is 114 Å². The van der Waals surface area contributed by atoms with Gasteiger partial charge in [0.2, 0.25) is 11.8 Å². The van der Waals surface area contributed by atoms with E-state index >= 15 is 0 Å². The molecule has 0 saturated heterocycles. The number of fused-ring (bicyclic) bond motifs is 4. The van der Waals surface area contributed by atoms with Gasteiger partial charge in [0.1, 0.15) is 10.0 Å². The molecule has 0 aliphatic carbocycles. The highest BCUT2D eigenvalue weighted by atomic mass is 33.1. The van der Waals surface area contributed by atoms with Crippen molar-refractivity contribution >= 4 is 91.7 Å². The van der Waals surface area contributed by atoms with Gasteiger partial charge >= 0.3 is 11.9 Å². The van der Waals surface area contributed by atoms with E-state index in [2.05, 4.69) is 20.6 Å². The van der Waals surface area contributed by atoms with Crippen LogP contribution in [0.15, 0.2) is 70.5 Å².